The van der Waals surface area contributed by atoms with Crippen molar-refractivity contribution >= 4 is 21.8 Å². The zero-order valence-corrected chi connectivity index (χ0v) is 12.7. The highest BCUT2D eigenvalue weighted by atomic mass is 79.9. The molecule has 1 aromatic rings. The lowest BCUT2D eigenvalue weighted by atomic mass is 9.85. The van der Waals surface area contributed by atoms with Gasteiger partial charge in [0.2, 0.25) is 0 Å². The Morgan fingerprint density at radius 2 is 2.17 bits per heavy atom. The van der Waals surface area contributed by atoms with Crippen LogP contribution in [0, 0.1) is 12.8 Å². The van der Waals surface area contributed by atoms with E-state index in [0.29, 0.717) is 0 Å². The number of nitrogens with zero attached hydrogens (tertiary/aromatic N) is 1. The fourth-order valence-electron chi connectivity index (χ4n) is 2.25. The summed E-state index contributed by atoms with van der Waals surface area (Å²) in [6, 6.07) is 5.85. The summed E-state index contributed by atoms with van der Waals surface area (Å²) in [7, 11) is 0. The van der Waals surface area contributed by atoms with Gasteiger partial charge < -0.3 is 4.90 Å². The lowest BCUT2D eigenvalue weighted by Gasteiger charge is -2.31. The molecular formula is C15H20BrNO. The maximum atomic E-state index is 12.4. The van der Waals surface area contributed by atoms with Gasteiger partial charge >= 0.3 is 0 Å². The summed E-state index contributed by atoms with van der Waals surface area (Å²) in [6.07, 6.45) is 3.88. The van der Waals surface area contributed by atoms with Crippen LogP contribution in [-0.4, -0.2) is 23.9 Å². The van der Waals surface area contributed by atoms with Crippen molar-refractivity contribution in [3.8, 4) is 0 Å². The minimum absolute atomic E-state index is 0.158. The molecule has 0 atom stereocenters. The zero-order valence-electron chi connectivity index (χ0n) is 11.1. The van der Waals surface area contributed by atoms with Gasteiger partial charge in [0.05, 0.1) is 0 Å². The van der Waals surface area contributed by atoms with Crippen molar-refractivity contribution in [1.82, 2.24) is 4.90 Å². The number of benzene rings is 1. The van der Waals surface area contributed by atoms with Gasteiger partial charge in [0, 0.05) is 23.1 Å². The van der Waals surface area contributed by atoms with Crippen molar-refractivity contribution < 1.29 is 4.79 Å². The predicted molar refractivity (Wildman–Crippen MR) is 77.8 cm³/mol. The summed E-state index contributed by atoms with van der Waals surface area (Å²) < 4.78 is 1.01. The molecular weight excluding hydrogens is 290 g/mol. The number of amides is 1. The first-order valence-electron chi connectivity index (χ1n) is 6.67. The fraction of sp³-hybridized carbons (Fsp3) is 0.533. The third-order valence-electron chi connectivity index (χ3n) is 3.79. The van der Waals surface area contributed by atoms with E-state index in [4.69, 9.17) is 0 Å². The van der Waals surface area contributed by atoms with Crippen LogP contribution in [0.25, 0.3) is 0 Å². The molecule has 0 unspecified atom stereocenters. The monoisotopic (exact) mass is 309 g/mol. The number of rotatable bonds is 4. The van der Waals surface area contributed by atoms with Gasteiger partial charge in [-0.2, -0.15) is 0 Å². The molecule has 0 heterocycles. The molecule has 18 heavy (non-hydrogen) atoms. The van der Waals surface area contributed by atoms with E-state index >= 15 is 0 Å². The Bertz CT molecular complexity index is 440. The number of aryl methyl sites for hydroxylation is 1. The van der Waals surface area contributed by atoms with Crippen molar-refractivity contribution in [2.45, 2.75) is 33.1 Å². The number of halogens is 1. The summed E-state index contributed by atoms with van der Waals surface area (Å²) in [6.45, 7) is 5.80. The van der Waals surface area contributed by atoms with Gasteiger partial charge in [-0.25, -0.2) is 0 Å². The molecule has 3 heteroatoms. The summed E-state index contributed by atoms with van der Waals surface area (Å²) in [4.78, 5) is 14.4. The Morgan fingerprint density at radius 3 is 2.67 bits per heavy atom. The van der Waals surface area contributed by atoms with Crippen molar-refractivity contribution in [1.29, 1.82) is 0 Å². The third kappa shape index (κ3) is 2.94. The molecule has 1 aromatic carbocycles. The number of hydrogen-bond acceptors (Lipinski definition) is 1. The molecule has 0 N–H and O–H groups in total. The van der Waals surface area contributed by atoms with Crippen molar-refractivity contribution in [2.24, 2.45) is 5.92 Å². The van der Waals surface area contributed by atoms with E-state index in [2.05, 4.69) is 22.9 Å². The van der Waals surface area contributed by atoms with E-state index < -0.39 is 0 Å². The average molecular weight is 310 g/mol. The van der Waals surface area contributed by atoms with Gasteiger partial charge in [-0.3, -0.25) is 4.79 Å². The summed E-state index contributed by atoms with van der Waals surface area (Å²) in [5.41, 5.74) is 1.95. The smallest absolute Gasteiger partial charge is 0.253 e. The van der Waals surface area contributed by atoms with Gasteiger partial charge in [-0.05, 0) is 50.3 Å². The Labute approximate surface area is 117 Å². The van der Waals surface area contributed by atoms with Gasteiger partial charge in [0.15, 0.2) is 0 Å². The first-order valence-corrected chi connectivity index (χ1v) is 7.46. The van der Waals surface area contributed by atoms with Crippen molar-refractivity contribution in [2.75, 3.05) is 13.1 Å². The number of hydrogen-bond donors (Lipinski definition) is 0. The topological polar surface area (TPSA) is 20.3 Å². The van der Waals surface area contributed by atoms with Crippen LogP contribution in [0.1, 0.15) is 42.1 Å². The van der Waals surface area contributed by atoms with Gasteiger partial charge in [-0.15, -0.1) is 0 Å². The first kappa shape index (κ1) is 13.6. The summed E-state index contributed by atoms with van der Waals surface area (Å²) in [5.74, 6) is 0.882. The van der Waals surface area contributed by atoms with Crippen LogP contribution in [0.5, 0.6) is 0 Å². The highest BCUT2D eigenvalue weighted by molar-refractivity contribution is 9.10. The Kier molecular flexibility index (Phi) is 4.44. The predicted octanol–water partition coefficient (Wildman–Crippen LogP) is 4.02. The van der Waals surface area contributed by atoms with Crippen molar-refractivity contribution in [3.63, 3.8) is 0 Å². The Morgan fingerprint density at radius 1 is 1.44 bits per heavy atom. The maximum absolute atomic E-state index is 12.4. The standard InChI is InChI=1S/C15H20BrNO/c1-3-17(10-12-5-4-6-12)15(18)13-8-7-11(2)14(16)9-13/h7-9,12H,3-6,10H2,1-2H3. The molecule has 0 saturated heterocycles. The molecule has 0 radical (unpaired) electrons. The lowest BCUT2D eigenvalue weighted by molar-refractivity contribution is 0.0706. The molecule has 98 valence electrons. The van der Waals surface area contributed by atoms with E-state index in [0.717, 1.165) is 34.6 Å². The van der Waals surface area contributed by atoms with Crippen molar-refractivity contribution in [3.05, 3.63) is 33.8 Å². The summed E-state index contributed by atoms with van der Waals surface area (Å²) >= 11 is 3.49. The quantitative estimate of drug-likeness (QED) is 0.822. The molecule has 0 bridgehead atoms. The van der Waals surface area contributed by atoms with Gasteiger partial charge in [-0.1, -0.05) is 28.4 Å². The lowest BCUT2D eigenvalue weighted by Crippen LogP contribution is -2.37. The number of carbonyl (C=O) groups excluding carboxylic acids is 1. The van der Waals surface area contributed by atoms with E-state index in [1.807, 2.05) is 30.0 Å². The van der Waals surface area contributed by atoms with Crippen LogP contribution in [-0.2, 0) is 0 Å². The van der Waals surface area contributed by atoms with Crippen LogP contribution < -0.4 is 0 Å². The molecule has 1 aliphatic rings. The molecule has 2 rings (SSSR count). The zero-order chi connectivity index (χ0) is 13.1. The van der Waals surface area contributed by atoms with Crippen LogP contribution in [0.4, 0.5) is 0 Å². The molecule has 1 aliphatic carbocycles. The molecule has 1 fully saturated rings. The normalized spacial score (nSPS) is 15.3. The van der Waals surface area contributed by atoms with E-state index in [1.54, 1.807) is 0 Å². The van der Waals surface area contributed by atoms with E-state index in [-0.39, 0.29) is 5.91 Å². The van der Waals surface area contributed by atoms with Crippen LogP contribution >= 0.6 is 15.9 Å². The maximum Gasteiger partial charge on any atom is 0.253 e. The van der Waals surface area contributed by atoms with Crippen LogP contribution in [0.15, 0.2) is 22.7 Å². The number of carbonyl (C=O) groups is 1. The second-order valence-electron chi connectivity index (χ2n) is 5.10. The van der Waals surface area contributed by atoms with E-state index in [9.17, 15) is 4.79 Å². The minimum atomic E-state index is 0.158. The molecule has 0 aliphatic heterocycles. The van der Waals surface area contributed by atoms with Crippen LogP contribution in [0.3, 0.4) is 0 Å². The Hall–Kier alpha value is -0.830. The minimum Gasteiger partial charge on any atom is -0.339 e. The highest BCUT2D eigenvalue weighted by Gasteiger charge is 2.23. The average Bonchev–Trinajstić information content (AvgIpc) is 2.31. The van der Waals surface area contributed by atoms with E-state index in [1.165, 1.54) is 19.3 Å². The molecule has 1 saturated carbocycles. The molecule has 2 nitrogen and oxygen atoms in total. The van der Waals surface area contributed by atoms with Gasteiger partial charge in [0.25, 0.3) is 5.91 Å². The largest absolute Gasteiger partial charge is 0.339 e. The van der Waals surface area contributed by atoms with Crippen LogP contribution in [0.2, 0.25) is 0 Å². The Balaban J connectivity index is 2.09. The highest BCUT2D eigenvalue weighted by Crippen LogP contribution is 2.27. The van der Waals surface area contributed by atoms with Gasteiger partial charge in [0.1, 0.15) is 0 Å². The SMILES string of the molecule is CCN(CC1CCC1)C(=O)c1ccc(C)c(Br)c1. The third-order valence-corrected chi connectivity index (χ3v) is 4.65. The molecule has 1 amide bonds. The summed E-state index contributed by atoms with van der Waals surface area (Å²) in [5, 5.41) is 0. The fourth-order valence-corrected chi connectivity index (χ4v) is 2.63. The molecule has 0 aromatic heterocycles. The second kappa shape index (κ2) is 5.87. The second-order valence-corrected chi connectivity index (χ2v) is 5.96. The molecule has 0 spiro atoms. The first-order chi connectivity index (χ1) is 8.61.